The van der Waals surface area contributed by atoms with Gasteiger partial charge in [0.15, 0.2) is 0 Å². The van der Waals surface area contributed by atoms with Gasteiger partial charge in [-0.2, -0.15) is 5.10 Å². The summed E-state index contributed by atoms with van der Waals surface area (Å²) < 4.78 is 27.8. The molecule has 0 atom stereocenters. The lowest BCUT2D eigenvalue weighted by Crippen LogP contribution is -2.30. The van der Waals surface area contributed by atoms with E-state index < -0.39 is 10.0 Å². The van der Waals surface area contributed by atoms with Gasteiger partial charge < -0.3 is 0 Å². The number of aromatic amines is 1. The zero-order chi connectivity index (χ0) is 18.2. The van der Waals surface area contributed by atoms with Crippen LogP contribution >= 0.6 is 0 Å². The molecule has 0 saturated carbocycles. The standard InChI is InChI=1S/C18H23N3O3S/c1-11(2)21-25(23,24)16-10-13(9-8-12(16)3)17-14-6-4-5-7-15(14)18(22)20-19-17/h8-11,21H,4-7H2,1-3H3,(H,20,22). The van der Waals surface area contributed by atoms with E-state index in [1.807, 2.05) is 6.07 Å². The Balaban J connectivity index is 2.15. The summed E-state index contributed by atoms with van der Waals surface area (Å²) in [6, 6.07) is 5.10. The van der Waals surface area contributed by atoms with E-state index in [9.17, 15) is 13.2 Å². The minimum absolute atomic E-state index is 0.139. The molecule has 3 rings (SSSR count). The van der Waals surface area contributed by atoms with Crippen LogP contribution in [0.1, 0.15) is 43.4 Å². The van der Waals surface area contributed by atoms with Gasteiger partial charge in [0.25, 0.3) is 5.56 Å². The predicted octanol–water partition coefficient (Wildman–Crippen LogP) is 2.31. The lowest BCUT2D eigenvalue weighted by Gasteiger charge is -2.18. The zero-order valence-electron chi connectivity index (χ0n) is 14.7. The molecule has 1 aliphatic carbocycles. The molecule has 0 aliphatic heterocycles. The summed E-state index contributed by atoms with van der Waals surface area (Å²) in [6.07, 6.45) is 3.54. The monoisotopic (exact) mass is 361 g/mol. The summed E-state index contributed by atoms with van der Waals surface area (Å²) in [5.74, 6) is 0. The molecule has 2 N–H and O–H groups in total. The van der Waals surface area contributed by atoms with Crippen LogP contribution in [0.4, 0.5) is 0 Å². The molecule has 2 aromatic rings. The number of aryl methyl sites for hydroxylation is 1. The minimum Gasteiger partial charge on any atom is -0.268 e. The molecule has 6 nitrogen and oxygen atoms in total. The molecule has 25 heavy (non-hydrogen) atoms. The molecule has 0 radical (unpaired) electrons. The maximum atomic E-state index is 12.6. The summed E-state index contributed by atoms with van der Waals surface area (Å²) in [5.41, 5.74) is 3.65. The van der Waals surface area contributed by atoms with Crippen molar-refractivity contribution in [3.63, 3.8) is 0 Å². The number of aromatic nitrogens is 2. The third-order valence-electron chi connectivity index (χ3n) is 4.44. The van der Waals surface area contributed by atoms with Crippen molar-refractivity contribution in [2.24, 2.45) is 0 Å². The van der Waals surface area contributed by atoms with Gasteiger partial charge in [0.2, 0.25) is 10.0 Å². The first kappa shape index (κ1) is 17.8. The number of benzene rings is 1. The van der Waals surface area contributed by atoms with E-state index in [1.54, 1.807) is 32.9 Å². The summed E-state index contributed by atoms with van der Waals surface area (Å²) >= 11 is 0. The average Bonchev–Trinajstić information content (AvgIpc) is 2.55. The van der Waals surface area contributed by atoms with Crippen molar-refractivity contribution in [3.8, 4) is 11.3 Å². The fourth-order valence-corrected chi connectivity index (χ4v) is 4.83. The second kappa shape index (κ2) is 6.72. The first-order chi connectivity index (χ1) is 11.8. The first-order valence-corrected chi connectivity index (χ1v) is 10.0. The first-order valence-electron chi connectivity index (χ1n) is 8.53. The number of rotatable bonds is 4. The van der Waals surface area contributed by atoms with Crippen LogP contribution in [0.5, 0.6) is 0 Å². The molecule has 0 fully saturated rings. The molecule has 1 aliphatic rings. The number of hydrogen-bond donors (Lipinski definition) is 2. The SMILES string of the molecule is Cc1ccc(-c2n[nH]c(=O)c3c2CCCC3)cc1S(=O)(=O)NC(C)C. The van der Waals surface area contributed by atoms with E-state index in [1.165, 1.54) is 0 Å². The normalized spacial score (nSPS) is 14.6. The van der Waals surface area contributed by atoms with Gasteiger partial charge in [-0.3, -0.25) is 4.79 Å². The Kier molecular flexibility index (Phi) is 4.79. The zero-order valence-corrected chi connectivity index (χ0v) is 15.5. The third kappa shape index (κ3) is 3.52. The van der Waals surface area contributed by atoms with Gasteiger partial charge in [-0.1, -0.05) is 12.1 Å². The predicted molar refractivity (Wildman–Crippen MR) is 97.1 cm³/mol. The van der Waals surface area contributed by atoms with Crippen molar-refractivity contribution in [3.05, 3.63) is 45.2 Å². The molecular weight excluding hydrogens is 338 g/mol. The number of H-pyrrole nitrogens is 1. The molecular formula is C18H23N3O3S. The number of nitrogens with one attached hydrogen (secondary N) is 2. The van der Waals surface area contributed by atoms with E-state index in [0.29, 0.717) is 16.8 Å². The van der Waals surface area contributed by atoms with Crippen molar-refractivity contribution in [2.45, 2.75) is 57.4 Å². The number of hydrogen-bond acceptors (Lipinski definition) is 4. The van der Waals surface area contributed by atoms with E-state index in [-0.39, 0.29) is 16.5 Å². The van der Waals surface area contributed by atoms with Gasteiger partial charge in [-0.25, -0.2) is 18.2 Å². The topological polar surface area (TPSA) is 91.9 Å². The second-order valence-corrected chi connectivity index (χ2v) is 8.50. The van der Waals surface area contributed by atoms with Crippen molar-refractivity contribution < 1.29 is 8.42 Å². The molecule has 1 heterocycles. The molecule has 1 aromatic heterocycles. The Morgan fingerprint density at radius 1 is 1.16 bits per heavy atom. The highest BCUT2D eigenvalue weighted by Gasteiger charge is 2.22. The van der Waals surface area contributed by atoms with Crippen LogP contribution in [-0.4, -0.2) is 24.7 Å². The largest absolute Gasteiger partial charge is 0.268 e. The number of sulfonamides is 1. The van der Waals surface area contributed by atoms with Gasteiger partial charge in [0.05, 0.1) is 10.6 Å². The summed E-state index contributed by atoms with van der Waals surface area (Å²) in [4.78, 5) is 12.3. The van der Waals surface area contributed by atoms with E-state index in [4.69, 9.17) is 0 Å². The smallest absolute Gasteiger partial charge is 0.267 e. The summed E-state index contributed by atoms with van der Waals surface area (Å²) in [7, 11) is -3.60. The second-order valence-electron chi connectivity index (χ2n) is 6.82. The Hall–Kier alpha value is -1.99. The highest BCUT2D eigenvalue weighted by Crippen LogP contribution is 2.30. The third-order valence-corrected chi connectivity index (χ3v) is 6.24. The van der Waals surface area contributed by atoms with Gasteiger partial charge in [-0.05, 0) is 63.6 Å². The highest BCUT2D eigenvalue weighted by atomic mass is 32.2. The van der Waals surface area contributed by atoms with Crippen molar-refractivity contribution in [2.75, 3.05) is 0 Å². The van der Waals surface area contributed by atoms with Gasteiger partial charge in [-0.15, -0.1) is 0 Å². The molecule has 0 saturated heterocycles. The Morgan fingerprint density at radius 3 is 2.52 bits per heavy atom. The quantitative estimate of drug-likeness (QED) is 0.874. The van der Waals surface area contributed by atoms with Gasteiger partial charge in [0, 0.05) is 17.2 Å². The van der Waals surface area contributed by atoms with Crippen LogP contribution in [-0.2, 0) is 22.9 Å². The highest BCUT2D eigenvalue weighted by molar-refractivity contribution is 7.89. The van der Waals surface area contributed by atoms with Crippen molar-refractivity contribution in [1.82, 2.24) is 14.9 Å². The maximum Gasteiger partial charge on any atom is 0.267 e. The molecule has 0 unspecified atom stereocenters. The number of nitrogens with zero attached hydrogens (tertiary/aromatic N) is 1. The fraction of sp³-hybridized carbons (Fsp3) is 0.444. The number of fused-ring (bicyclic) bond motifs is 1. The maximum absolute atomic E-state index is 12.6. The average molecular weight is 361 g/mol. The summed E-state index contributed by atoms with van der Waals surface area (Å²) in [6.45, 7) is 5.35. The van der Waals surface area contributed by atoms with Gasteiger partial charge in [0.1, 0.15) is 0 Å². The summed E-state index contributed by atoms with van der Waals surface area (Å²) in [5, 5.41) is 6.78. The van der Waals surface area contributed by atoms with Gasteiger partial charge >= 0.3 is 0 Å². The Morgan fingerprint density at radius 2 is 1.84 bits per heavy atom. The Labute approximate surface area is 147 Å². The van der Waals surface area contributed by atoms with Crippen LogP contribution in [0.15, 0.2) is 27.9 Å². The lowest BCUT2D eigenvalue weighted by atomic mass is 9.90. The minimum atomic E-state index is -3.60. The van der Waals surface area contributed by atoms with Crippen LogP contribution in [0.3, 0.4) is 0 Å². The van der Waals surface area contributed by atoms with E-state index >= 15 is 0 Å². The molecule has 0 amide bonds. The van der Waals surface area contributed by atoms with Crippen LogP contribution < -0.4 is 10.3 Å². The Bertz CT molecular complexity index is 962. The van der Waals surface area contributed by atoms with E-state index in [2.05, 4.69) is 14.9 Å². The molecule has 0 spiro atoms. The van der Waals surface area contributed by atoms with Crippen LogP contribution in [0, 0.1) is 6.92 Å². The molecule has 1 aromatic carbocycles. The van der Waals surface area contributed by atoms with Crippen molar-refractivity contribution >= 4 is 10.0 Å². The van der Waals surface area contributed by atoms with E-state index in [0.717, 1.165) is 36.8 Å². The van der Waals surface area contributed by atoms with Crippen molar-refractivity contribution in [1.29, 1.82) is 0 Å². The fourth-order valence-electron chi connectivity index (χ4n) is 3.31. The molecule has 7 heteroatoms. The van der Waals surface area contributed by atoms with Crippen LogP contribution in [0.25, 0.3) is 11.3 Å². The molecule has 134 valence electrons. The molecule has 0 bridgehead atoms. The lowest BCUT2D eigenvalue weighted by molar-refractivity contribution is 0.569. The van der Waals surface area contributed by atoms with Crippen LogP contribution in [0.2, 0.25) is 0 Å².